The average Bonchev–Trinajstić information content (AvgIpc) is 2.82. The molecule has 0 bridgehead atoms. The van der Waals surface area contributed by atoms with Gasteiger partial charge in [0.15, 0.2) is 18.2 Å². The van der Waals surface area contributed by atoms with Crippen LogP contribution in [0.2, 0.25) is 18.1 Å². The summed E-state index contributed by atoms with van der Waals surface area (Å²) in [6.07, 6.45) is 1.82. The van der Waals surface area contributed by atoms with Crippen molar-refractivity contribution in [2.75, 3.05) is 20.3 Å². The van der Waals surface area contributed by atoms with E-state index >= 15 is 0 Å². The third-order valence-electron chi connectivity index (χ3n) is 6.95. The molecule has 0 aliphatic heterocycles. The van der Waals surface area contributed by atoms with Crippen LogP contribution < -0.4 is 4.74 Å². The zero-order valence-electron chi connectivity index (χ0n) is 22.5. The molecule has 5 nitrogen and oxygen atoms in total. The van der Waals surface area contributed by atoms with E-state index < -0.39 is 23.4 Å². The molecule has 35 heavy (non-hydrogen) atoms. The molecule has 0 aliphatic carbocycles. The Kier molecular flexibility index (Phi) is 11.0. The number of benzene rings is 2. The Bertz CT molecular complexity index is 982. The second-order valence-electron chi connectivity index (χ2n) is 10.9. The van der Waals surface area contributed by atoms with Gasteiger partial charge < -0.3 is 13.9 Å². The molecular formula is C28H44O5SSi. The molecule has 2 aromatic carbocycles. The van der Waals surface area contributed by atoms with Gasteiger partial charge in [0.25, 0.3) is 0 Å². The van der Waals surface area contributed by atoms with Crippen LogP contribution in [0.4, 0.5) is 0 Å². The molecule has 0 spiro atoms. The highest BCUT2D eigenvalue weighted by Gasteiger charge is 2.38. The lowest BCUT2D eigenvalue weighted by Gasteiger charge is -2.37. The first-order valence-electron chi connectivity index (χ1n) is 12.5. The van der Waals surface area contributed by atoms with Gasteiger partial charge in [-0.15, -0.1) is 0 Å². The Labute approximate surface area is 214 Å². The molecule has 1 unspecified atom stereocenters. The van der Waals surface area contributed by atoms with Crippen molar-refractivity contribution in [2.24, 2.45) is 5.92 Å². The van der Waals surface area contributed by atoms with Gasteiger partial charge in [0, 0.05) is 13.2 Å². The van der Waals surface area contributed by atoms with E-state index in [9.17, 15) is 8.42 Å². The van der Waals surface area contributed by atoms with Gasteiger partial charge in [-0.1, -0.05) is 58.0 Å². The van der Waals surface area contributed by atoms with Crippen molar-refractivity contribution in [3.8, 4) is 5.75 Å². The van der Waals surface area contributed by atoms with Crippen molar-refractivity contribution in [1.29, 1.82) is 0 Å². The quantitative estimate of drug-likeness (QED) is 0.201. The molecule has 0 aliphatic rings. The fraction of sp³-hybridized carbons (Fsp3) is 0.571. The fourth-order valence-electron chi connectivity index (χ4n) is 3.61. The van der Waals surface area contributed by atoms with E-state index in [2.05, 4.69) is 40.8 Å². The van der Waals surface area contributed by atoms with Gasteiger partial charge in [0.1, 0.15) is 5.75 Å². The van der Waals surface area contributed by atoms with Crippen molar-refractivity contribution >= 4 is 18.2 Å². The smallest absolute Gasteiger partial charge is 0.191 e. The molecule has 2 aromatic rings. The van der Waals surface area contributed by atoms with Crippen LogP contribution in [-0.4, -0.2) is 42.3 Å². The Morgan fingerprint density at radius 3 is 2.17 bits per heavy atom. The minimum atomic E-state index is -3.44. The molecule has 0 amide bonds. The van der Waals surface area contributed by atoms with Crippen LogP contribution in [0.25, 0.3) is 0 Å². The predicted molar refractivity (Wildman–Crippen MR) is 146 cm³/mol. The van der Waals surface area contributed by atoms with Crippen molar-refractivity contribution in [3.05, 3.63) is 60.2 Å². The summed E-state index contributed by atoms with van der Waals surface area (Å²) in [4.78, 5) is 0.390. The molecular weight excluding hydrogens is 476 g/mol. The van der Waals surface area contributed by atoms with Crippen molar-refractivity contribution in [2.45, 2.75) is 81.8 Å². The zero-order chi connectivity index (χ0) is 26.1. The fourth-order valence-corrected chi connectivity index (χ4v) is 6.73. The number of hydrogen-bond acceptors (Lipinski definition) is 5. The molecule has 2 rings (SSSR count). The monoisotopic (exact) mass is 520 g/mol. The summed E-state index contributed by atoms with van der Waals surface area (Å²) in [6.45, 7) is 14.8. The summed E-state index contributed by atoms with van der Waals surface area (Å²) in [7, 11) is -3.67. The van der Waals surface area contributed by atoms with Gasteiger partial charge in [-0.25, -0.2) is 8.42 Å². The molecule has 196 valence electrons. The molecule has 0 radical (unpaired) electrons. The standard InChI is InChI=1S/C28H44O5SSi/c1-23(21-33-35(6,7)28(2,3)4)20-27(34(29,30)26-12-9-8-10-13-26)14-11-19-32-22-24-15-17-25(31-5)18-16-24/h8-10,12-13,15-18,23,27H,11,14,19-22H2,1-7H3/t23-,27?/m1/s1. The normalized spacial score (nSPS) is 14.5. The van der Waals surface area contributed by atoms with Crippen molar-refractivity contribution in [3.63, 3.8) is 0 Å². The first kappa shape index (κ1) is 29.6. The second kappa shape index (κ2) is 13.0. The van der Waals surface area contributed by atoms with E-state index in [0.717, 1.165) is 11.3 Å². The maximum atomic E-state index is 13.5. The minimum Gasteiger partial charge on any atom is -0.497 e. The highest BCUT2D eigenvalue weighted by Crippen LogP contribution is 2.37. The van der Waals surface area contributed by atoms with Gasteiger partial charge in [-0.05, 0) is 73.1 Å². The zero-order valence-corrected chi connectivity index (χ0v) is 24.4. The molecule has 0 saturated carbocycles. The van der Waals surface area contributed by atoms with Crippen LogP contribution >= 0.6 is 0 Å². The first-order valence-corrected chi connectivity index (χ1v) is 17.0. The highest BCUT2D eigenvalue weighted by molar-refractivity contribution is 7.92. The van der Waals surface area contributed by atoms with E-state index in [1.165, 1.54) is 0 Å². The Hall–Kier alpha value is -1.67. The lowest BCUT2D eigenvalue weighted by molar-refractivity contribution is 0.116. The van der Waals surface area contributed by atoms with Crippen molar-refractivity contribution < 1.29 is 22.3 Å². The summed E-state index contributed by atoms with van der Waals surface area (Å²) in [5.41, 5.74) is 1.07. The summed E-state index contributed by atoms with van der Waals surface area (Å²) in [6, 6.07) is 16.6. The van der Waals surface area contributed by atoms with Crippen LogP contribution in [0.3, 0.4) is 0 Å². The maximum absolute atomic E-state index is 13.5. The van der Waals surface area contributed by atoms with E-state index in [-0.39, 0.29) is 11.0 Å². The lowest BCUT2D eigenvalue weighted by atomic mass is 10.0. The number of rotatable bonds is 14. The number of hydrogen-bond donors (Lipinski definition) is 0. The van der Waals surface area contributed by atoms with E-state index in [1.807, 2.05) is 30.3 Å². The molecule has 2 atom stereocenters. The summed E-state index contributed by atoms with van der Waals surface area (Å²) < 4.78 is 44.4. The van der Waals surface area contributed by atoms with Gasteiger partial charge >= 0.3 is 0 Å². The second-order valence-corrected chi connectivity index (χ2v) is 18.0. The SMILES string of the molecule is COc1ccc(COCCCC(C[C@@H](C)CO[Si](C)(C)C(C)(C)C)S(=O)(=O)c2ccccc2)cc1. The predicted octanol–water partition coefficient (Wildman–Crippen LogP) is 6.88. The summed E-state index contributed by atoms with van der Waals surface area (Å²) in [5.74, 6) is 0.960. The molecule has 0 heterocycles. The first-order chi connectivity index (χ1) is 16.4. The molecule has 0 N–H and O–H groups in total. The van der Waals surface area contributed by atoms with E-state index in [4.69, 9.17) is 13.9 Å². The topological polar surface area (TPSA) is 61.8 Å². The molecule has 0 aromatic heterocycles. The van der Waals surface area contributed by atoms with Gasteiger partial charge in [0.2, 0.25) is 0 Å². The van der Waals surface area contributed by atoms with Crippen LogP contribution in [0.5, 0.6) is 5.75 Å². The number of methoxy groups -OCH3 is 1. The number of ether oxygens (including phenoxy) is 2. The average molecular weight is 521 g/mol. The molecule has 0 fully saturated rings. The maximum Gasteiger partial charge on any atom is 0.191 e. The van der Waals surface area contributed by atoms with Gasteiger partial charge in [-0.2, -0.15) is 0 Å². The molecule has 0 saturated heterocycles. The minimum absolute atomic E-state index is 0.128. The Morgan fingerprint density at radius 1 is 0.971 bits per heavy atom. The highest BCUT2D eigenvalue weighted by atomic mass is 32.2. The van der Waals surface area contributed by atoms with Crippen LogP contribution in [0, 0.1) is 5.92 Å². The third kappa shape index (κ3) is 9.05. The van der Waals surface area contributed by atoms with Crippen LogP contribution in [0.15, 0.2) is 59.5 Å². The van der Waals surface area contributed by atoms with E-state index in [0.29, 0.717) is 44.0 Å². The largest absolute Gasteiger partial charge is 0.497 e. The summed E-state index contributed by atoms with van der Waals surface area (Å²) in [5, 5.41) is -0.337. The number of sulfone groups is 1. The molecule has 7 heteroatoms. The lowest BCUT2D eigenvalue weighted by Crippen LogP contribution is -2.42. The van der Waals surface area contributed by atoms with Crippen LogP contribution in [0.1, 0.15) is 52.5 Å². The van der Waals surface area contributed by atoms with Gasteiger partial charge in [0.05, 0.1) is 23.9 Å². The van der Waals surface area contributed by atoms with Gasteiger partial charge in [-0.3, -0.25) is 0 Å². The Balaban J connectivity index is 1.98. The van der Waals surface area contributed by atoms with Crippen LogP contribution in [-0.2, 0) is 25.6 Å². The van der Waals surface area contributed by atoms with Crippen molar-refractivity contribution in [1.82, 2.24) is 0 Å². The Morgan fingerprint density at radius 2 is 1.60 bits per heavy atom. The van der Waals surface area contributed by atoms with E-state index in [1.54, 1.807) is 31.4 Å². The third-order valence-corrected chi connectivity index (χ3v) is 13.7. The summed E-state index contributed by atoms with van der Waals surface area (Å²) >= 11 is 0.